The lowest BCUT2D eigenvalue weighted by atomic mass is 10.2. The topological polar surface area (TPSA) is 45.8 Å². The third-order valence-corrected chi connectivity index (χ3v) is 3.16. The van der Waals surface area contributed by atoms with E-state index in [1.54, 1.807) is 12.1 Å². The Kier molecular flexibility index (Phi) is 2.26. The number of thiophene rings is 1. The predicted molar refractivity (Wildman–Crippen MR) is 65.6 cm³/mol. The number of hydrogen-bond donors (Lipinski definition) is 1. The van der Waals surface area contributed by atoms with Crippen LogP contribution in [0.4, 0.5) is 4.39 Å². The van der Waals surface area contributed by atoms with Crippen molar-refractivity contribution in [2.24, 2.45) is 0 Å². The number of hydrogen-bond acceptors (Lipinski definition) is 3. The van der Waals surface area contributed by atoms with Gasteiger partial charge in [-0.2, -0.15) is 11.3 Å². The number of nitrogens with one attached hydrogen (secondary N) is 1. The van der Waals surface area contributed by atoms with E-state index in [0.717, 1.165) is 5.56 Å². The Bertz CT molecular complexity index is 734. The Balaban J connectivity index is 2.36. The second-order valence-corrected chi connectivity index (χ2v) is 4.34. The van der Waals surface area contributed by atoms with E-state index >= 15 is 0 Å². The molecule has 0 bridgehead atoms. The molecule has 5 heteroatoms. The van der Waals surface area contributed by atoms with Crippen molar-refractivity contribution in [1.29, 1.82) is 0 Å². The van der Waals surface area contributed by atoms with E-state index < -0.39 is 11.4 Å². The molecule has 0 aliphatic carbocycles. The molecule has 0 amide bonds. The monoisotopic (exact) mass is 246 g/mol. The van der Waals surface area contributed by atoms with Gasteiger partial charge in [0.1, 0.15) is 17.0 Å². The second kappa shape index (κ2) is 3.78. The van der Waals surface area contributed by atoms with Crippen LogP contribution in [-0.2, 0) is 0 Å². The van der Waals surface area contributed by atoms with E-state index in [0.29, 0.717) is 11.3 Å². The van der Waals surface area contributed by atoms with Crippen molar-refractivity contribution in [3.05, 3.63) is 51.2 Å². The zero-order valence-corrected chi connectivity index (χ0v) is 9.42. The van der Waals surface area contributed by atoms with Crippen LogP contribution in [-0.4, -0.2) is 9.97 Å². The van der Waals surface area contributed by atoms with E-state index in [1.807, 2.05) is 16.8 Å². The Morgan fingerprint density at radius 1 is 1.29 bits per heavy atom. The van der Waals surface area contributed by atoms with Crippen molar-refractivity contribution in [3.63, 3.8) is 0 Å². The smallest absolute Gasteiger partial charge is 0.262 e. The molecule has 1 aromatic carbocycles. The maximum absolute atomic E-state index is 13.5. The molecule has 2 aromatic heterocycles. The fraction of sp³-hybridized carbons (Fsp3) is 0. The van der Waals surface area contributed by atoms with Crippen LogP contribution in [0.1, 0.15) is 0 Å². The minimum absolute atomic E-state index is 0.00600. The number of halogens is 1. The first-order chi connectivity index (χ1) is 8.25. The number of fused-ring (bicyclic) bond motifs is 1. The zero-order valence-electron chi connectivity index (χ0n) is 8.61. The van der Waals surface area contributed by atoms with E-state index in [1.165, 1.54) is 17.4 Å². The molecule has 84 valence electrons. The summed E-state index contributed by atoms with van der Waals surface area (Å²) in [6.45, 7) is 0. The highest BCUT2D eigenvalue weighted by Crippen LogP contribution is 2.19. The molecule has 0 radical (unpaired) electrons. The molecule has 0 saturated carbocycles. The minimum atomic E-state index is -0.548. The first-order valence-electron chi connectivity index (χ1n) is 4.97. The Labute approximate surface area is 99.6 Å². The molecule has 17 heavy (non-hydrogen) atoms. The minimum Gasteiger partial charge on any atom is -0.306 e. The number of aromatic amines is 1. The summed E-state index contributed by atoms with van der Waals surface area (Å²) in [5.41, 5.74) is 0.752. The summed E-state index contributed by atoms with van der Waals surface area (Å²) in [5, 5.41) is 3.78. The van der Waals surface area contributed by atoms with E-state index in [4.69, 9.17) is 0 Å². The van der Waals surface area contributed by atoms with E-state index in [2.05, 4.69) is 9.97 Å². The molecule has 0 fully saturated rings. The Hall–Kier alpha value is -2.01. The van der Waals surface area contributed by atoms with Crippen LogP contribution in [0.2, 0.25) is 0 Å². The standard InChI is InChI=1S/C12H7FN2OS/c13-8-2-1-3-9-10(8)12(16)15-11(14-9)7-4-5-17-6-7/h1-6H,(H,14,15,16). The summed E-state index contributed by atoms with van der Waals surface area (Å²) in [6.07, 6.45) is 0. The van der Waals surface area contributed by atoms with Crippen LogP contribution in [0.3, 0.4) is 0 Å². The summed E-state index contributed by atoms with van der Waals surface area (Å²) >= 11 is 1.51. The summed E-state index contributed by atoms with van der Waals surface area (Å²) in [5.74, 6) is -0.0810. The quantitative estimate of drug-likeness (QED) is 0.717. The molecule has 0 spiro atoms. The summed E-state index contributed by atoms with van der Waals surface area (Å²) in [6, 6.07) is 6.28. The highest BCUT2D eigenvalue weighted by molar-refractivity contribution is 7.08. The lowest BCUT2D eigenvalue weighted by molar-refractivity contribution is 0.638. The SMILES string of the molecule is O=c1[nH]c(-c2ccsc2)nc2cccc(F)c12. The molecule has 3 nitrogen and oxygen atoms in total. The molecule has 2 heterocycles. The average molecular weight is 246 g/mol. The fourth-order valence-corrected chi connectivity index (χ4v) is 2.33. The molecule has 0 unspecified atom stereocenters. The van der Waals surface area contributed by atoms with Crippen LogP contribution in [0, 0.1) is 5.82 Å². The van der Waals surface area contributed by atoms with Crippen LogP contribution in [0.25, 0.3) is 22.3 Å². The maximum atomic E-state index is 13.5. The molecule has 1 N–H and O–H groups in total. The van der Waals surface area contributed by atoms with Gasteiger partial charge in [0.15, 0.2) is 0 Å². The fourth-order valence-electron chi connectivity index (χ4n) is 1.69. The lowest BCUT2D eigenvalue weighted by Gasteiger charge is -2.01. The number of nitrogens with zero attached hydrogens (tertiary/aromatic N) is 1. The van der Waals surface area contributed by atoms with Gasteiger partial charge >= 0.3 is 0 Å². The van der Waals surface area contributed by atoms with Gasteiger partial charge in [0.2, 0.25) is 0 Å². The molecule has 3 rings (SSSR count). The number of benzene rings is 1. The molecule has 0 aliphatic heterocycles. The van der Waals surface area contributed by atoms with Crippen molar-refractivity contribution >= 4 is 22.2 Å². The third-order valence-electron chi connectivity index (χ3n) is 2.48. The van der Waals surface area contributed by atoms with Crippen LogP contribution in [0.15, 0.2) is 39.8 Å². The van der Waals surface area contributed by atoms with Crippen molar-refractivity contribution in [2.75, 3.05) is 0 Å². The van der Waals surface area contributed by atoms with Gasteiger partial charge < -0.3 is 4.98 Å². The van der Waals surface area contributed by atoms with Crippen molar-refractivity contribution in [1.82, 2.24) is 9.97 Å². The summed E-state index contributed by atoms with van der Waals surface area (Å²) in [4.78, 5) is 18.6. The molecule has 0 saturated heterocycles. The lowest BCUT2D eigenvalue weighted by Crippen LogP contribution is -2.10. The van der Waals surface area contributed by atoms with E-state index in [9.17, 15) is 9.18 Å². The first kappa shape index (κ1) is 10.2. The van der Waals surface area contributed by atoms with Gasteiger partial charge in [-0.05, 0) is 23.6 Å². The van der Waals surface area contributed by atoms with Crippen LogP contribution < -0.4 is 5.56 Å². The predicted octanol–water partition coefficient (Wildman–Crippen LogP) is 2.79. The molecular formula is C12H7FN2OS. The molecule has 0 atom stereocenters. The van der Waals surface area contributed by atoms with Gasteiger partial charge in [0.25, 0.3) is 5.56 Å². The Morgan fingerprint density at radius 3 is 2.94 bits per heavy atom. The number of aromatic nitrogens is 2. The number of H-pyrrole nitrogens is 1. The second-order valence-electron chi connectivity index (χ2n) is 3.56. The van der Waals surface area contributed by atoms with Gasteiger partial charge in [-0.3, -0.25) is 4.79 Å². The van der Waals surface area contributed by atoms with Gasteiger partial charge in [0, 0.05) is 10.9 Å². The van der Waals surface area contributed by atoms with Gasteiger partial charge in [0.05, 0.1) is 5.52 Å². The molecule has 0 aliphatic rings. The molecule has 3 aromatic rings. The maximum Gasteiger partial charge on any atom is 0.262 e. The van der Waals surface area contributed by atoms with Crippen molar-refractivity contribution in [3.8, 4) is 11.4 Å². The van der Waals surface area contributed by atoms with E-state index in [-0.39, 0.29) is 5.39 Å². The largest absolute Gasteiger partial charge is 0.306 e. The highest BCUT2D eigenvalue weighted by Gasteiger charge is 2.09. The third kappa shape index (κ3) is 1.64. The zero-order chi connectivity index (χ0) is 11.8. The van der Waals surface area contributed by atoms with Gasteiger partial charge in [-0.1, -0.05) is 6.07 Å². The Morgan fingerprint density at radius 2 is 2.18 bits per heavy atom. The van der Waals surface area contributed by atoms with Gasteiger partial charge in [-0.15, -0.1) is 0 Å². The summed E-state index contributed by atoms with van der Waals surface area (Å²) in [7, 11) is 0. The van der Waals surface area contributed by atoms with Gasteiger partial charge in [-0.25, -0.2) is 9.37 Å². The molecular weight excluding hydrogens is 239 g/mol. The van der Waals surface area contributed by atoms with Crippen LogP contribution in [0.5, 0.6) is 0 Å². The summed E-state index contributed by atoms with van der Waals surface area (Å²) < 4.78 is 13.5. The van der Waals surface area contributed by atoms with Crippen LogP contribution >= 0.6 is 11.3 Å². The highest BCUT2D eigenvalue weighted by atomic mass is 32.1. The van der Waals surface area contributed by atoms with Crippen molar-refractivity contribution < 1.29 is 4.39 Å². The van der Waals surface area contributed by atoms with Crippen molar-refractivity contribution in [2.45, 2.75) is 0 Å². The normalized spacial score (nSPS) is 10.9. The number of rotatable bonds is 1. The average Bonchev–Trinajstić information content (AvgIpc) is 2.81. The first-order valence-corrected chi connectivity index (χ1v) is 5.91.